The van der Waals surface area contributed by atoms with E-state index in [-0.39, 0.29) is 17.9 Å². The molecule has 0 aliphatic carbocycles. The molecule has 1 rings (SSSR count). The zero-order valence-corrected chi connectivity index (χ0v) is 8.66. The van der Waals surface area contributed by atoms with Crippen LogP contribution in [0.2, 0.25) is 0 Å². The van der Waals surface area contributed by atoms with Crippen molar-refractivity contribution in [2.75, 3.05) is 13.2 Å². The summed E-state index contributed by atoms with van der Waals surface area (Å²) >= 11 is 0. The molecule has 2 unspecified atom stereocenters. The van der Waals surface area contributed by atoms with Crippen molar-refractivity contribution in [3.8, 4) is 0 Å². The summed E-state index contributed by atoms with van der Waals surface area (Å²) in [5, 5.41) is 8.86. The molecule has 1 aliphatic rings. The summed E-state index contributed by atoms with van der Waals surface area (Å²) in [6, 6.07) is -0.0705. The third kappa shape index (κ3) is 2.45. The van der Waals surface area contributed by atoms with Crippen LogP contribution >= 0.6 is 0 Å². The van der Waals surface area contributed by atoms with Crippen molar-refractivity contribution in [2.24, 2.45) is 11.1 Å². The fraction of sp³-hybridized carbons (Fsp3) is 0.900. The van der Waals surface area contributed by atoms with Gasteiger partial charge >= 0.3 is 5.97 Å². The summed E-state index contributed by atoms with van der Waals surface area (Å²) in [6.07, 6.45) is 2.72. The molecule has 0 spiro atoms. The van der Waals surface area contributed by atoms with Crippen molar-refractivity contribution < 1.29 is 14.6 Å². The molecule has 0 bridgehead atoms. The minimum Gasteiger partial charge on any atom is -0.481 e. The maximum atomic E-state index is 10.8. The van der Waals surface area contributed by atoms with Crippen LogP contribution in [0.4, 0.5) is 0 Å². The molecule has 1 saturated heterocycles. The van der Waals surface area contributed by atoms with E-state index in [0.717, 1.165) is 25.9 Å². The Hall–Kier alpha value is -0.610. The van der Waals surface area contributed by atoms with Crippen LogP contribution in [-0.4, -0.2) is 30.3 Å². The van der Waals surface area contributed by atoms with E-state index in [4.69, 9.17) is 15.6 Å². The number of hydrogen-bond donors (Lipinski definition) is 2. The van der Waals surface area contributed by atoms with Crippen molar-refractivity contribution in [3.05, 3.63) is 0 Å². The second-order valence-corrected chi connectivity index (χ2v) is 4.10. The van der Waals surface area contributed by atoms with Crippen LogP contribution in [0.25, 0.3) is 0 Å². The summed E-state index contributed by atoms with van der Waals surface area (Å²) in [6.45, 7) is 3.22. The fourth-order valence-corrected chi connectivity index (χ4v) is 2.17. The lowest BCUT2D eigenvalue weighted by molar-refractivity contribution is -0.143. The van der Waals surface area contributed by atoms with Crippen molar-refractivity contribution in [3.63, 3.8) is 0 Å². The van der Waals surface area contributed by atoms with Gasteiger partial charge in [-0.15, -0.1) is 0 Å². The largest absolute Gasteiger partial charge is 0.481 e. The normalized spacial score (nSPS) is 29.9. The Bertz CT molecular complexity index is 200. The number of ether oxygens (including phenoxy) is 1. The first kappa shape index (κ1) is 11.5. The number of carboxylic acid groups (broad SMARTS) is 1. The van der Waals surface area contributed by atoms with Crippen LogP contribution in [-0.2, 0) is 9.53 Å². The smallest absolute Gasteiger partial charge is 0.304 e. The molecule has 1 aliphatic heterocycles. The van der Waals surface area contributed by atoms with Crippen LogP contribution in [0.15, 0.2) is 0 Å². The number of nitrogens with two attached hydrogens (primary N) is 1. The lowest BCUT2D eigenvalue weighted by atomic mass is 9.72. The monoisotopic (exact) mass is 201 g/mol. The van der Waals surface area contributed by atoms with Gasteiger partial charge in [0.2, 0.25) is 0 Å². The van der Waals surface area contributed by atoms with Crippen LogP contribution in [0, 0.1) is 5.41 Å². The summed E-state index contributed by atoms with van der Waals surface area (Å²) in [5.41, 5.74) is 5.65. The summed E-state index contributed by atoms with van der Waals surface area (Å²) in [4.78, 5) is 10.8. The van der Waals surface area contributed by atoms with Gasteiger partial charge in [-0.1, -0.05) is 6.92 Å². The van der Waals surface area contributed by atoms with Gasteiger partial charge in [0.25, 0.3) is 0 Å². The van der Waals surface area contributed by atoms with E-state index in [9.17, 15) is 4.79 Å². The van der Waals surface area contributed by atoms with Crippen molar-refractivity contribution >= 4 is 5.97 Å². The first-order valence-corrected chi connectivity index (χ1v) is 5.16. The molecule has 0 radical (unpaired) electrons. The van der Waals surface area contributed by atoms with Gasteiger partial charge in [0.05, 0.1) is 13.0 Å². The predicted octanol–water partition coefficient (Wildman–Crippen LogP) is 0.995. The van der Waals surface area contributed by atoms with Crippen molar-refractivity contribution in [1.82, 2.24) is 0 Å². The Balaban J connectivity index is 2.71. The van der Waals surface area contributed by atoms with Crippen molar-refractivity contribution in [1.29, 1.82) is 0 Å². The predicted molar refractivity (Wildman–Crippen MR) is 53.0 cm³/mol. The number of carboxylic acids is 1. The van der Waals surface area contributed by atoms with E-state index in [0.29, 0.717) is 6.61 Å². The molecular weight excluding hydrogens is 182 g/mol. The highest BCUT2D eigenvalue weighted by Crippen LogP contribution is 2.36. The van der Waals surface area contributed by atoms with Crippen LogP contribution in [0.1, 0.15) is 32.6 Å². The highest BCUT2D eigenvalue weighted by Gasteiger charge is 2.39. The molecule has 4 heteroatoms. The Kier molecular flexibility index (Phi) is 3.89. The van der Waals surface area contributed by atoms with E-state index >= 15 is 0 Å². The Morgan fingerprint density at radius 3 is 2.86 bits per heavy atom. The quantitative estimate of drug-likeness (QED) is 0.711. The molecule has 0 saturated carbocycles. The van der Waals surface area contributed by atoms with Crippen LogP contribution in [0.3, 0.4) is 0 Å². The van der Waals surface area contributed by atoms with Crippen molar-refractivity contribution in [2.45, 2.75) is 38.6 Å². The first-order chi connectivity index (χ1) is 6.60. The van der Waals surface area contributed by atoms with Gasteiger partial charge in [0, 0.05) is 18.1 Å². The molecule has 0 aromatic rings. The molecule has 4 nitrogen and oxygen atoms in total. The average Bonchev–Trinajstić information content (AvgIpc) is 2.17. The summed E-state index contributed by atoms with van der Waals surface area (Å²) < 4.78 is 5.37. The molecule has 14 heavy (non-hydrogen) atoms. The molecule has 0 aromatic carbocycles. The zero-order valence-electron chi connectivity index (χ0n) is 8.66. The van der Waals surface area contributed by atoms with Crippen LogP contribution in [0.5, 0.6) is 0 Å². The minimum absolute atomic E-state index is 0.0705. The lowest BCUT2D eigenvalue weighted by Crippen LogP contribution is -2.48. The topological polar surface area (TPSA) is 72.6 Å². The van der Waals surface area contributed by atoms with Gasteiger partial charge in [-0.25, -0.2) is 0 Å². The number of hydrogen-bond acceptors (Lipinski definition) is 3. The van der Waals surface area contributed by atoms with Gasteiger partial charge in [0.15, 0.2) is 0 Å². The molecule has 0 amide bonds. The number of aliphatic carboxylic acids is 1. The minimum atomic E-state index is -0.778. The maximum absolute atomic E-state index is 10.8. The second-order valence-electron chi connectivity index (χ2n) is 4.10. The molecule has 1 heterocycles. The third-order valence-corrected chi connectivity index (χ3v) is 3.08. The van der Waals surface area contributed by atoms with Crippen LogP contribution < -0.4 is 5.73 Å². The summed E-state index contributed by atoms with van der Waals surface area (Å²) in [7, 11) is 0. The Labute approximate surface area is 84.4 Å². The van der Waals surface area contributed by atoms with Gasteiger partial charge in [-0.2, -0.15) is 0 Å². The highest BCUT2D eigenvalue weighted by molar-refractivity contribution is 5.68. The highest BCUT2D eigenvalue weighted by atomic mass is 16.5. The maximum Gasteiger partial charge on any atom is 0.304 e. The molecule has 1 fully saturated rings. The van der Waals surface area contributed by atoms with E-state index in [1.54, 1.807) is 0 Å². The standard InChI is InChI=1S/C10H19NO3/c1-2-8(11)10(6-9(12)13)4-3-5-14-7-10/h8H,2-7,11H2,1H3,(H,12,13). The molecule has 3 N–H and O–H groups in total. The number of rotatable bonds is 4. The Morgan fingerprint density at radius 1 is 1.71 bits per heavy atom. The fourth-order valence-electron chi connectivity index (χ4n) is 2.17. The van der Waals surface area contributed by atoms with Gasteiger partial charge in [-0.3, -0.25) is 4.79 Å². The zero-order chi connectivity index (χ0) is 10.6. The average molecular weight is 201 g/mol. The van der Waals surface area contributed by atoms with Gasteiger partial charge in [-0.05, 0) is 19.3 Å². The molecule has 0 aromatic heterocycles. The summed E-state index contributed by atoms with van der Waals surface area (Å²) in [5.74, 6) is -0.778. The van der Waals surface area contributed by atoms with E-state index in [1.165, 1.54) is 0 Å². The Morgan fingerprint density at radius 2 is 2.43 bits per heavy atom. The first-order valence-electron chi connectivity index (χ1n) is 5.16. The van der Waals surface area contributed by atoms with E-state index in [1.807, 2.05) is 6.92 Å². The second kappa shape index (κ2) is 4.75. The van der Waals surface area contributed by atoms with Gasteiger partial charge < -0.3 is 15.6 Å². The lowest BCUT2D eigenvalue weighted by Gasteiger charge is -2.40. The van der Waals surface area contributed by atoms with E-state index < -0.39 is 5.97 Å². The van der Waals surface area contributed by atoms with E-state index in [2.05, 4.69) is 0 Å². The molecule has 2 atom stereocenters. The number of carbonyl (C=O) groups is 1. The molecular formula is C10H19NO3. The third-order valence-electron chi connectivity index (χ3n) is 3.08. The van der Waals surface area contributed by atoms with Gasteiger partial charge in [0.1, 0.15) is 0 Å². The SMILES string of the molecule is CCC(N)C1(CC(=O)O)CCCOC1. The molecule has 82 valence electrons.